The molecule has 1 rings (SSSR count). The van der Waals surface area contributed by atoms with Crippen LogP contribution in [0, 0.1) is 6.92 Å². The van der Waals surface area contributed by atoms with Crippen molar-refractivity contribution >= 4 is 23.4 Å². The quantitative estimate of drug-likeness (QED) is 0.879. The molecule has 20 heavy (non-hydrogen) atoms. The average Bonchev–Trinajstić information content (AvgIpc) is 2.36. The normalized spacial score (nSPS) is 13.1. The number of nitrogens with one attached hydrogen (secondary N) is 1. The molecule has 1 atom stereocenters. The van der Waals surface area contributed by atoms with Crippen LogP contribution in [0.5, 0.6) is 0 Å². The summed E-state index contributed by atoms with van der Waals surface area (Å²) in [6.07, 6.45) is -2.07. The Morgan fingerprint density at radius 2 is 2.10 bits per heavy atom. The predicted molar refractivity (Wildman–Crippen MR) is 75.8 cm³/mol. The first-order valence-electron chi connectivity index (χ1n) is 5.99. The molecule has 1 amide bonds. The van der Waals surface area contributed by atoms with Crippen LogP contribution in [-0.4, -0.2) is 24.0 Å². The highest BCUT2D eigenvalue weighted by atomic mass is 32.2. The lowest BCUT2D eigenvalue weighted by Crippen LogP contribution is -2.36. The summed E-state index contributed by atoms with van der Waals surface area (Å²) in [5.41, 5.74) is 5.06. The molecule has 7 heteroatoms. The lowest BCUT2D eigenvalue weighted by molar-refractivity contribution is -0.138. The summed E-state index contributed by atoms with van der Waals surface area (Å²) in [5.74, 6) is 0.248. The summed E-state index contributed by atoms with van der Waals surface area (Å²) in [6, 6.07) is 2.96. The van der Waals surface area contributed by atoms with Gasteiger partial charge in [0.1, 0.15) is 0 Å². The van der Waals surface area contributed by atoms with Crippen molar-refractivity contribution < 1.29 is 18.0 Å². The van der Waals surface area contributed by atoms with Gasteiger partial charge in [0, 0.05) is 5.69 Å². The number of amides is 1. The number of carbonyl (C=O) groups excluding carboxylic acids is 1. The van der Waals surface area contributed by atoms with Gasteiger partial charge in [0.2, 0.25) is 5.91 Å². The predicted octanol–water partition coefficient (Wildman–Crippen LogP) is 3.03. The largest absolute Gasteiger partial charge is 0.416 e. The highest BCUT2D eigenvalue weighted by Crippen LogP contribution is 2.34. The molecule has 0 saturated heterocycles. The van der Waals surface area contributed by atoms with Crippen molar-refractivity contribution in [2.75, 3.05) is 17.3 Å². The number of halogens is 3. The molecule has 0 unspecified atom stereocenters. The fourth-order valence-electron chi connectivity index (χ4n) is 1.68. The first-order valence-corrected chi connectivity index (χ1v) is 7.39. The van der Waals surface area contributed by atoms with E-state index >= 15 is 0 Å². The maximum absolute atomic E-state index is 12.8. The van der Waals surface area contributed by atoms with Gasteiger partial charge in [-0.2, -0.15) is 24.9 Å². The van der Waals surface area contributed by atoms with Gasteiger partial charge in [-0.25, -0.2) is 0 Å². The Kier molecular flexibility index (Phi) is 5.88. The number of hydrogen-bond donors (Lipinski definition) is 2. The molecule has 1 aromatic carbocycles. The molecule has 3 nitrogen and oxygen atoms in total. The number of thioether (sulfide) groups is 1. The van der Waals surface area contributed by atoms with Crippen molar-refractivity contribution in [3.8, 4) is 0 Å². The highest BCUT2D eigenvalue weighted by molar-refractivity contribution is 7.98. The number of hydrogen-bond acceptors (Lipinski definition) is 3. The van der Waals surface area contributed by atoms with E-state index in [4.69, 9.17) is 5.73 Å². The molecule has 0 spiro atoms. The molecule has 0 saturated carbocycles. The maximum atomic E-state index is 12.8. The van der Waals surface area contributed by atoms with Gasteiger partial charge in [-0.15, -0.1) is 0 Å². The first-order chi connectivity index (χ1) is 9.27. The average molecular weight is 306 g/mol. The third-order valence-corrected chi connectivity index (χ3v) is 3.51. The van der Waals surface area contributed by atoms with Crippen LogP contribution in [0.25, 0.3) is 0 Å². The minimum Gasteiger partial charge on any atom is -0.324 e. The van der Waals surface area contributed by atoms with Crippen LogP contribution >= 0.6 is 11.8 Å². The van der Waals surface area contributed by atoms with E-state index in [1.165, 1.54) is 19.1 Å². The Labute approximate surface area is 120 Å². The van der Waals surface area contributed by atoms with Crippen molar-refractivity contribution in [2.45, 2.75) is 25.6 Å². The van der Waals surface area contributed by atoms with Crippen LogP contribution in [0.15, 0.2) is 18.2 Å². The standard InChI is InChI=1S/C13H17F3N2OS/c1-8-9(13(14,15)16)4-3-5-11(8)18-12(19)10(17)6-7-20-2/h3-5,10H,6-7,17H2,1-2H3,(H,18,19)/t10-/m0/s1. The molecule has 0 fully saturated rings. The van der Waals surface area contributed by atoms with Gasteiger partial charge >= 0.3 is 6.18 Å². The smallest absolute Gasteiger partial charge is 0.324 e. The lowest BCUT2D eigenvalue weighted by Gasteiger charge is -2.16. The minimum atomic E-state index is -4.44. The minimum absolute atomic E-state index is 0.00887. The number of alkyl halides is 3. The zero-order chi connectivity index (χ0) is 15.3. The van der Waals surface area contributed by atoms with Gasteiger partial charge in [-0.05, 0) is 43.0 Å². The van der Waals surface area contributed by atoms with E-state index in [0.717, 1.165) is 11.8 Å². The summed E-state index contributed by atoms with van der Waals surface area (Å²) in [7, 11) is 0. The number of carbonyl (C=O) groups is 1. The summed E-state index contributed by atoms with van der Waals surface area (Å²) < 4.78 is 38.3. The fraction of sp³-hybridized carbons (Fsp3) is 0.462. The Bertz CT molecular complexity index is 477. The number of nitrogens with two attached hydrogens (primary N) is 1. The molecule has 0 aliphatic rings. The topological polar surface area (TPSA) is 55.1 Å². The molecule has 3 N–H and O–H groups in total. The van der Waals surface area contributed by atoms with Crippen molar-refractivity contribution in [2.24, 2.45) is 5.73 Å². The molecule has 0 aliphatic heterocycles. The van der Waals surface area contributed by atoms with Crippen LogP contribution in [0.1, 0.15) is 17.5 Å². The van der Waals surface area contributed by atoms with Crippen LogP contribution in [0.4, 0.5) is 18.9 Å². The highest BCUT2D eigenvalue weighted by Gasteiger charge is 2.33. The Morgan fingerprint density at radius 3 is 2.65 bits per heavy atom. The summed E-state index contributed by atoms with van der Waals surface area (Å²) in [6.45, 7) is 1.33. The number of anilines is 1. The molecular formula is C13H17F3N2OS. The van der Waals surface area contributed by atoms with E-state index in [-0.39, 0.29) is 11.3 Å². The van der Waals surface area contributed by atoms with E-state index in [1.807, 2.05) is 6.26 Å². The van der Waals surface area contributed by atoms with Gasteiger partial charge in [0.05, 0.1) is 11.6 Å². The monoisotopic (exact) mass is 306 g/mol. The number of rotatable bonds is 5. The molecule has 0 aliphatic carbocycles. The molecule has 0 radical (unpaired) electrons. The van der Waals surface area contributed by atoms with Crippen molar-refractivity contribution in [1.29, 1.82) is 0 Å². The van der Waals surface area contributed by atoms with Crippen LogP contribution in [-0.2, 0) is 11.0 Å². The van der Waals surface area contributed by atoms with E-state index in [2.05, 4.69) is 5.32 Å². The second kappa shape index (κ2) is 6.99. The lowest BCUT2D eigenvalue weighted by atomic mass is 10.1. The zero-order valence-corrected chi connectivity index (χ0v) is 12.1. The van der Waals surface area contributed by atoms with E-state index in [1.54, 1.807) is 11.8 Å². The van der Waals surface area contributed by atoms with Gasteiger partial charge in [-0.3, -0.25) is 4.79 Å². The molecule has 1 aromatic rings. The Morgan fingerprint density at radius 1 is 1.45 bits per heavy atom. The molecule has 112 valence electrons. The maximum Gasteiger partial charge on any atom is 0.416 e. The van der Waals surface area contributed by atoms with Gasteiger partial charge in [0.25, 0.3) is 0 Å². The third kappa shape index (κ3) is 4.42. The summed E-state index contributed by atoms with van der Waals surface area (Å²) >= 11 is 1.55. The van der Waals surface area contributed by atoms with Gasteiger partial charge in [-0.1, -0.05) is 6.07 Å². The van der Waals surface area contributed by atoms with Gasteiger partial charge in [0.15, 0.2) is 0 Å². The van der Waals surface area contributed by atoms with E-state index in [0.29, 0.717) is 6.42 Å². The van der Waals surface area contributed by atoms with Crippen molar-refractivity contribution in [3.63, 3.8) is 0 Å². The SMILES string of the molecule is CSCC[C@H](N)C(=O)Nc1cccc(C(F)(F)F)c1C. The fourth-order valence-corrected chi connectivity index (χ4v) is 2.17. The molecular weight excluding hydrogens is 289 g/mol. The van der Waals surface area contributed by atoms with E-state index < -0.39 is 23.7 Å². The zero-order valence-electron chi connectivity index (χ0n) is 11.3. The second-order valence-electron chi connectivity index (χ2n) is 4.35. The number of benzene rings is 1. The Hall–Kier alpha value is -1.21. The third-order valence-electron chi connectivity index (χ3n) is 2.87. The van der Waals surface area contributed by atoms with Gasteiger partial charge < -0.3 is 11.1 Å². The summed E-state index contributed by atoms with van der Waals surface area (Å²) in [4.78, 5) is 11.8. The molecule has 0 heterocycles. The summed E-state index contributed by atoms with van der Waals surface area (Å²) in [5, 5.41) is 2.46. The van der Waals surface area contributed by atoms with E-state index in [9.17, 15) is 18.0 Å². The van der Waals surface area contributed by atoms with Crippen LogP contribution < -0.4 is 11.1 Å². The van der Waals surface area contributed by atoms with Crippen molar-refractivity contribution in [3.05, 3.63) is 29.3 Å². The molecule has 0 aromatic heterocycles. The van der Waals surface area contributed by atoms with Crippen molar-refractivity contribution in [1.82, 2.24) is 0 Å². The Balaban J connectivity index is 2.86. The second-order valence-corrected chi connectivity index (χ2v) is 5.34. The van der Waals surface area contributed by atoms with Crippen LogP contribution in [0.2, 0.25) is 0 Å². The molecule has 0 bridgehead atoms. The van der Waals surface area contributed by atoms with Crippen LogP contribution in [0.3, 0.4) is 0 Å². The first kappa shape index (κ1) is 16.8.